The van der Waals surface area contributed by atoms with Crippen molar-refractivity contribution in [3.8, 4) is 12.3 Å². The molecule has 0 amide bonds. The Balaban J connectivity index is 1.75. The molecule has 1 aromatic heterocycles. The van der Waals surface area contributed by atoms with Crippen LogP contribution in [0.1, 0.15) is 33.4 Å². The van der Waals surface area contributed by atoms with Gasteiger partial charge in [-0.2, -0.15) is 0 Å². The molecule has 0 aromatic carbocycles. The van der Waals surface area contributed by atoms with E-state index in [1.54, 1.807) is 20.8 Å². The predicted molar refractivity (Wildman–Crippen MR) is 102 cm³/mol. The molecule has 1 N–H and O–H groups in total. The highest BCUT2D eigenvalue weighted by Crippen LogP contribution is 2.60. The lowest BCUT2D eigenvalue weighted by Crippen LogP contribution is -2.43. The van der Waals surface area contributed by atoms with E-state index in [-0.39, 0.29) is 25.7 Å². The maximum atomic E-state index is 12.9. The first-order chi connectivity index (χ1) is 14.1. The van der Waals surface area contributed by atoms with E-state index in [4.69, 9.17) is 29.5 Å². The van der Waals surface area contributed by atoms with Crippen LogP contribution in [-0.4, -0.2) is 47.0 Å². The summed E-state index contributed by atoms with van der Waals surface area (Å²) in [5.41, 5.74) is -2.51. The fourth-order valence-corrected chi connectivity index (χ4v) is 4.77. The van der Waals surface area contributed by atoms with Crippen LogP contribution in [-0.2, 0) is 32.4 Å². The average molecular weight is 442 g/mol. The first kappa shape index (κ1) is 22.5. The molecule has 3 rings (SSSR count). The van der Waals surface area contributed by atoms with Gasteiger partial charge in [0, 0.05) is 12.3 Å². The molecule has 0 aliphatic carbocycles. The van der Waals surface area contributed by atoms with Crippen LogP contribution < -0.4 is 11.2 Å². The number of nitrogens with one attached hydrogen (secondary N) is 1. The van der Waals surface area contributed by atoms with Crippen LogP contribution in [0.25, 0.3) is 0 Å². The number of esters is 1. The Labute approximate surface area is 172 Å². The normalized spacial score (nSPS) is 33.1. The Bertz CT molecular complexity index is 1010. The number of aromatic nitrogens is 2. The van der Waals surface area contributed by atoms with Crippen molar-refractivity contribution in [1.82, 2.24) is 9.55 Å². The van der Waals surface area contributed by atoms with Crippen molar-refractivity contribution in [3.63, 3.8) is 0 Å². The fraction of sp³-hybridized carbons (Fsp3) is 0.611. The highest BCUT2D eigenvalue weighted by molar-refractivity contribution is 7.48. The van der Waals surface area contributed by atoms with Gasteiger partial charge in [-0.15, -0.1) is 6.42 Å². The summed E-state index contributed by atoms with van der Waals surface area (Å²) in [6.07, 6.45) is 3.91. The SMILES string of the molecule is C#C[C@]1(C)[C@@H]2OP(=O)(OCCC(=O)OC(C)C)OC[C@H]2O[C@H]1n1ccc(=O)[nH]c1=O. The lowest BCUT2D eigenvalue weighted by Gasteiger charge is -2.35. The summed E-state index contributed by atoms with van der Waals surface area (Å²) in [5, 5.41) is 0. The fourth-order valence-electron chi connectivity index (χ4n) is 3.29. The number of carbonyl (C=O) groups excluding carboxylic acids is 1. The number of terminal acetylenes is 1. The summed E-state index contributed by atoms with van der Waals surface area (Å²) in [4.78, 5) is 37.3. The van der Waals surface area contributed by atoms with E-state index in [1.807, 2.05) is 0 Å². The minimum Gasteiger partial charge on any atom is -0.463 e. The Morgan fingerprint density at radius 3 is 2.87 bits per heavy atom. The Morgan fingerprint density at radius 1 is 1.50 bits per heavy atom. The largest absolute Gasteiger partial charge is 0.475 e. The molecule has 2 aliphatic rings. The quantitative estimate of drug-likeness (QED) is 0.388. The topological polar surface area (TPSA) is 135 Å². The predicted octanol–water partition coefficient (Wildman–Crippen LogP) is 0.955. The molecule has 0 spiro atoms. The van der Waals surface area contributed by atoms with Crippen molar-refractivity contribution < 1.29 is 32.4 Å². The van der Waals surface area contributed by atoms with Crippen molar-refractivity contribution in [1.29, 1.82) is 0 Å². The molecule has 0 bridgehead atoms. The van der Waals surface area contributed by atoms with Crippen molar-refractivity contribution >= 4 is 13.8 Å². The number of aromatic amines is 1. The summed E-state index contributed by atoms with van der Waals surface area (Å²) in [6, 6.07) is 1.16. The van der Waals surface area contributed by atoms with Gasteiger partial charge in [-0.05, 0) is 20.8 Å². The summed E-state index contributed by atoms with van der Waals surface area (Å²) in [5.74, 6) is 2.04. The van der Waals surface area contributed by atoms with E-state index in [2.05, 4.69) is 10.9 Å². The van der Waals surface area contributed by atoms with E-state index in [0.717, 1.165) is 10.6 Å². The Kier molecular flexibility index (Phi) is 6.36. The zero-order chi connectivity index (χ0) is 22.1. The first-order valence-electron chi connectivity index (χ1n) is 9.29. The Hall–Kier alpha value is -2.22. The number of phosphoric ester groups is 1. The smallest absolute Gasteiger partial charge is 0.463 e. The van der Waals surface area contributed by atoms with E-state index >= 15 is 0 Å². The van der Waals surface area contributed by atoms with Gasteiger partial charge in [0.15, 0.2) is 6.23 Å². The van der Waals surface area contributed by atoms with Gasteiger partial charge in [0.05, 0.1) is 25.7 Å². The summed E-state index contributed by atoms with van der Waals surface area (Å²) >= 11 is 0. The van der Waals surface area contributed by atoms with Crippen LogP contribution in [0.15, 0.2) is 21.9 Å². The highest BCUT2D eigenvalue weighted by atomic mass is 31.2. The maximum Gasteiger partial charge on any atom is 0.475 e. The molecule has 0 saturated carbocycles. The van der Waals surface area contributed by atoms with Crippen LogP contribution in [0.4, 0.5) is 0 Å². The van der Waals surface area contributed by atoms with Gasteiger partial charge in [-0.3, -0.25) is 32.7 Å². The molecule has 12 heteroatoms. The third-order valence-electron chi connectivity index (χ3n) is 4.72. The summed E-state index contributed by atoms with van der Waals surface area (Å²) in [6.45, 7) is 4.62. The minimum atomic E-state index is -4.03. The number of hydrogen-bond donors (Lipinski definition) is 1. The molecular formula is C18H23N2O9P. The minimum absolute atomic E-state index is 0.138. The number of fused-ring (bicyclic) bond motifs is 1. The van der Waals surface area contributed by atoms with E-state index in [0.29, 0.717) is 0 Å². The van der Waals surface area contributed by atoms with Crippen molar-refractivity contribution in [2.75, 3.05) is 13.2 Å². The van der Waals surface area contributed by atoms with E-state index in [1.165, 1.54) is 6.20 Å². The molecule has 11 nitrogen and oxygen atoms in total. The van der Waals surface area contributed by atoms with Crippen LogP contribution in [0.5, 0.6) is 0 Å². The van der Waals surface area contributed by atoms with Crippen molar-refractivity contribution in [2.24, 2.45) is 5.41 Å². The van der Waals surface area contributed by atoms with Gasteiger partial charge in [0.2, 0.25) is 0 Å². The van der Waals surface area contributed by atoms with Crippen LogP contribution in [0, 0.1) is 17.8 Å². The average Bonchev–Trinajstić information content (AvgIpc) is 2.93. The van der Waals surface area contributed by atoms with Gasteiger partial charge >= 0.3 is 19.5 Å². The lowest BCUT2D eigenvalue weighted by atomic mass is 9.83. The zero-order valence-corrected chi connectivity index (χ0v) is 17.6. The number of H-pyrrole nitrogens is 1. The van der Waals surface area contributed by atoms with Crippen LogP contribution in [0.3, 0.4) is 0 Å². The molecule has 1 aromatic rings. The monoisotopic (exact) mass is 442 g/mol. The van der Waals surface area contributed by atoms with Gasteiger partial charge in [-0.1, -0.05) is 5.92 Å². The lowest BCUT2D eigenvalue weighted by molar-refractivity contribution is -0.148. The molecule has 2 fully saturated rings. The number of phosphoric acid groups is 1. The number of nitrogens with zero attached hydrogens (tertiary/aromatic N) is 1. The number of carbonyl (C=O) groups is 1. The Morgan fingerprint density at radius 2 is 2.23 bits per heavy atom. The van der Waals surface area contributed by atoms with Crippen molar-refractivity contribution in [2.45, 2.75) is 51.7 Å². The zero-order valence-electron chi connectivity index (χ0n) is 16.7. The first-order valence-corrected chi connectivity index (χ1v) is 10.8. The number of hydrogen-bond acceptors (Lipinski definition) is 9. The van der Waals surface area contributed by atoms with Gasteiger partial charge in [0.25, 0.3) is 5.56 Å². The molecular weight excluding hydrogens is 419 g/mol. The third kappa shape index (κ3) is 4.43. The van der Waals surface area contributed by atoms with Gasteiger partial charge < -0.3 is 9.47 Å². The van der Waals surface area contributed by atoms with E-state index in [9.17, 15) is 18.9 Å². The van der Waals surface area contributed by atoms with Gasteiger partial charge in [-0.25, -0.2) is 9.36 Å². The van der Waals surface area contributed by atoms with E-state index < -0.39 is 48.9 Å². The molecule has 2 aliphatic heterocycles. The standard InChI is InChI=1S/C18H23N2O9P/c1-5-18(4)15-12(28-16(18)20-8-6-13(21)19-17(20)23)10-26-30(24,29-15)25-9-7-14(22)27-11(2)3/h1,6,8,11-12,15-16H,7,9-10H2,2-4H3,(H,19,21,23)/t12-,15-,16-,18-,30?/m1/s1. The molecule has 0 radical (unpaired) electrons. The highest BCUT2D eigenvalue weighted by Gasteiger charge is 2.60. The molecule has 30 heavy (non-hydrogen) atoms. The van der Waals surface area contributed by atoms with Gasteiger partial charge in [0.1, 0.15) is 17.6 Å². The van der Waals surface area contributed by atoms with Crippen LogP contribution in [0.2, 0.25) is 0 Å². The summed E-state index contributed by atoms with van der Waals surface area (Å²) < 4.78 is 40.9. The summed E-state index contributed by atoms with van der Waals surface area (Å²) in [7, 11) is -4.03. The number of rotatable bonds is 6. The molecule has 164 valence electrons. The molecule has 1 unspecified atom stereocenters. The third-order valence-corrected chi connectivity index (χ3v) is 6.17. The van der Waals surface area contributed by atoms with Crippen molar-refractivity contribution in [3.05, 3.63) is 33.1 Å². The second-order valence-corrected chi connectivity index (χ2v) is 8.98. The second kappa shape index (κ2) is 8.49. The molecule has 3 heterocycles. The maximum absolute atomic E-state index is 12.9. The number of ether oxygens (including phenoxy) is 2. The second-order valence-electron chi connectivity index (χ2n) is 7.36. The molecule has 5 atom stereocenters. The molecule has 2 saturated heterocycles. The van der Waals surface area contributed by atoms with Crippen LogP contribution >= 0.6 is 7.82 Å².